The fraction of sp³-hybridized carbons (Fsp3) is 0.394. The van der Waals surface area contributed by atoms with Crippen LogP contribution < -0.4 is 11.1 Å². The van der Waals surface area contributed by atoms with Gasteiger partial charge in [0.1, 0.15) is 29.9 Å². The molecule has 4 rings (SSSR count). The zero-order chi connectivity index (χ0) is 33.4. The molecule has 1 heterocycles. The van der Waals surface area contributed by atoms with Gasteiger partial charge < -0.3 is 20.5 Å². The van der Waals surface area contributed by atoms with Gasteiger partial charge in [-0.1, -0.05) is 24.3 Å². The minimum Gasteiger partial charge on any atom is -0.464 e. The number of ether oxygens (including phenoxy) is 2. The number of hydrogen-bond acceptors (Lipinski definition) is 6. The molecule has 0 aromatic heterocycles. The first-order chi connectivity index (χ1) is 21.8. The number of halogens is 7. The summed E-state index contributed by atoms with van der Waals surface area (Å²) in [6.45, 7) is 0.256. The number of alkyl halides is 3. The van der Waals surface area contributed by atoms with Crippen molar-refractivity contribution in [2.24, 2.45) is 5.73 Å². The highest BCUT2D eigenvalue weighted by Crippen LogP contribution is 2.30. The van der Waals surface area contributed by atoms with E-state index in [9.17, 15) is 35.9 Å². The molecule has 1 fully saturated rings. The third-order valence-electron chi connectivity index (χ3n) is 7.73. The molecule has 0 radical (unpaired) electrons. The van der Waals surface area contributed by atoms with E-state index in [4.69, 9.17) is 15.2 Å². The van der Waals surface area contributed by atoms with Gasteiger partial charge in [0.05, 0.1) is 37.6 Å². The Morgan fingerprint density at radius 3 is 2.28 bits per heavy atom. The number of Topliss-reactive ketones (excluding diaryl/α,β-unsaturated/α-hetero) is 1. The van der Waals surface area contributed by atoms with Crippen molar-refractivity contribution in [2.75, 3.05) is 19.8 Å². The SMILES string of the molecule is N[C@H](C(=O)Cc1cccc(F)c1CC[C@@H]1CN[C@H](COC(=O)CCC(F)(F)F)CO1)[C@@H](c1ccc(F)cc1)c1cc(F)cc(F)c1. The molecule has 0 saturated carbocycles. The number of hydrogen-bond donors (Lipinski definition) is 2. The van der Waals surface area contributed by atoms with Gasteiger partial charge in [0.25, 0.3) is 0 Å². The summed E-state index contributed by atoms with van der Waals surface area (Å²) in [5, 5.41) is 3.10. The van der Waals surface area contributed by atoms with Crippen LogP contribution in [0.3, 0.4) is 0 Å². The maximum atomic E-state index is 15.0. The van der Waals surface area contributed by atoms with Crippen molar-refractivity contribution in [3.05, 3.63) is 106 Å². The molecule has 1 aliphatic rings. The molecule has 3 aromatic carbocycles. The second-order valence-electron chi connectivity index (χ2n) is 11.2. The molecule has 0 unspecified atom stereocenters. The predicted octanol–water partition coefficient (Wildman–Crippen LogP) is 5.69. The molecule has 46 heavy (non-hydrogen) atoms. The summed E-state index contributed by atoms with van der Waals surface area (Å²) >= 11 is 0. The lowest BCUT2D eigenvalue weighted by Crippen LogP contribution is -2.49. The van der Waals surface area contributed by atoms with Crippen molar-refractivity contribution in [1.82, 2.24) is 5.32 Å². The number of esters is 1. The lowest BCUT2D eigenvalue weighted by Gasteiger charge is -2.30. The molecular formula is C33H33F7N2O4. The first-order valence-electron chi connectivity index (χ1n) is 14.6. The zero-order valence-electron chi connectivity index (χ0n) is 24.6. The van der Waals surface area contributed by atoms with E-state index < -0.39 is 72.0 Å². The van der Waals surface area contributed by atoms with Crippen LogP contribution in [-0.2, 0) is 31.9 Å². The number of carbonyl (C=O) groups excluding carboxylic acids is 2. The van der Waals surface area contributed by atoms with Crippen molar-refractivity contribution < 1.29 is 49.8 Å². The van der Waals surface area contributed by atoms with E-state index in [1.54, 1.807) is 6.07 Å². The van der Waals surface area contributed by atoms with E-state index in [1.807, 2.05) is 0 Å². The van der Waals surface area contributed by atoms with Crippen molar-refractivity contribution >= 4 is 11.8 Å². The lowest BCUT2D eigenvalue weighted by molar-refractivity contribution is -0.158. The van der Waals surface area contributed by atoms with Gasteiger partial charge in [0.15, 0.2) is 5.78 Å². The van der Waals surface area contributed by atoms with Crippen molar-refractivity contribution in [3.63, 3.8) is 0 Å². The summed E-state index contributed by atoms with van der Waals surface area (Å²) < 4.78 is 104. The number of rotatable bonds is 13. The monoisotopic (exact) mass is 654 g/mol. The molecule has 3 aromatic rings. The molecule has 0 bridgehead atoms. The van der Waals surface area contributed by atoms with Gasteiger partial charge in [-0.25, -0.2) is 17.6 Å². The summed E-state index contributed by atoms with van der Waals surface area (Å²) in [4.78, 5) is 25.1. The molecular weight excluding hydrogens is 621 g/mol. The highest BCUT2D eigenvalue weighted by molar-refractivity contribution is 5.87. The van der Waals surface area contributed by atoms with Gasteiger partial charge in [0.2, 0.25) is 0 Å². The lowest BCUT2D eigenvalue weighted by atomic mass is 9.82. The number of ketones is 1. The van der Waals surface area contributed by atoms with E-state index in [0.29, 0.717) is 30.2 Å². The smallest absolute Gasteiger partial charge is 0.389 e. The van der Waals surface area contributed by atoms with Gasteiger partial charge in [-0.3, -0.25) is 9.59 Å². The fourth-order valence-electron chi connectivity index (χ4n) is 5.35. The minimum atomic E-state index is -4.45. The predicted molar refractivity (Wildman–Crippen MR) is 154 cm³/mol. The van der Waals surface area contributed by atoms with Crippen LogP contribution >= 0.6 is 0 Å². The Morgan fingerprint density at radius 1 is 0.957 bits per heavy atom. The van der Waals surface area contributed by atoms with Crippen LogP contribution in [0.1, 0.15) is 47.4 Å². The number of nitrogens with two attached hydrogens (primary N) is 1. The summed E-state index contributed by atoms with van der Waals surface area (Å²) in [7, 11) is 0. The first-order valence-corrected chi connectivity index (χ1v) is 14.6. The molecule has 1 aliphatic heterocycles. The molecule has 13 heteroatoms. The second-order valence-corrected chi connectivity index (χ2v) is 11.2. The van der Waals surface area contributed by atoms with Gasteiger partial charge in [-0.05, 0) is 65.4 Å². The quantitative estimate of drug-likeness (QED) is 0.182. The van der Waals surface area contributed by atoms with Crippen LogP contribution in [0.4, 0.5) is 30.7 Å². The Labute approximate surface area is 261 Å². The third kappa shape index (κ3) is 10.1. The van der Waals surface area contributed by atoms with Crippen LogP contribution in [0.5, 0.6) is 0 Å². The third-order valence-corrected chi connectivity index (χ3v) is 7.73. The maximum Gasteiger partial charge on any atom is 0.389 e. The number of nitrogens with one attached hydrogen (secondary N) is 1. The van der Waals surface area contributed by atoms with Gasteiger partial charge in [-0.15, -0.1) is 0 Å². The Morgan fingerprint density at radius 2 is 1.65 bits per heavy atom. The van der Waals surface area contributed by atoms with Gasteiger partial charge in [0, 0.05) is 24.9 Å². The Bertz CT molecular complexity index is 1470. The van der Waals surface area contributed by atoms with Crippen molar-refractivity contribution in [1.29, 1.82) is 0 Å². The van der Waals surface area contributed by atoms with Gasteiger partial charge >= 0.3 is 12.1 Å². The van der Waals surface area contributed by atoms with Crippen molar-refractivity contribution in [3.8, 4) is 0 Å². The Hall–Kier alpha value is -3.81. The van der Waals surface area contributed by atoms with Crippen LogP contribution in [0.2, 0.25) is 0 Å². The summed E-state index contributed by atoms with van der Waals surface area (Å²) in [6.07, 6.45) is -6.60. The normalized spacial score (nSPS) is 18.2. The topological polar surface area (TPSA) is 90.7 Å². The molecule has 0 spiro atoms. The molecule has 4 atom stereocenters. The Balaban J connectivity index is 1.37. The highest BCUT2D eigenvalue weighted by atomic mass is 19.4. The fourth-order valence-corrected chi connectivity index (χ4v) is 5.35. The average Bonchev–Trinajstić information content (AvgIpc) is 2.99. The van der Waals surface area contributed by atoms with Crippen LogP contribution in [0.25, 0.3) is 0 Å². The van der Waals surface area contributed by atoms with Gasteiger partial charge in [-0.2, -0.15) is 13.2 Å². The average molecular weight is 655 g/mol. The highest BCUT2D eigenvalue weighted by Gasteiger charge is 2.31. The molecule has 1 saturated heterocycles. The summed E-state index contributed by atoms with van der Waals surface area (Å²) in [5.74, 6) is -5.36. The first kappa shape index (κ1) is 35.1. The molecule has 248 valence electrons. The van der Waals surface area contributed by atoms with Crippen LogP contribution in [-0.4, -0.2) is 55.9 Å². The number of morpholine rings is 1. The maximum absolute atomic E-state index is 15.0. The Kier molecular flexibility index (Phi) is 11.9. The molecule has 0 aliphatic carbocycles. The van der Waals surface area contributed by atoms with Crippen LogP contribution in [0.15, 0.2) is 60.7 Å². The second kappa shape index (κ2) is 15.7. The number of carbonyl (C=O) groups is 2. The summed E-state index contributed by atoms with van der Waals surface area (Å²) in [5.41, 5.74) is 7.48. The van der Waals surface area contributed by atoms with E-state index in [1.165, 1.54) is 24.3 Å². The molecule has 3 N–H and O–H groups in total. The standard InChI is InChI=1S/C33H33F7N2O4/c34-22-6-4-19(5-7-22)31(21-12-23(35)15-24(36)13-21)32(41)29(43)14-20-2-1-3-28(37)27(20)9-8-26-16-42-25(17-45-26)18-46-30(44)10-11-33(38,39)40/h1-7,12-13,15,25-26,31-32,42H,8-11,14,16-18,41H2/t25-,26+,31-,32+/m0/s1. The molecule has 6 nitrogen and oxygen atoms in total. The zero-order valence-corrected chi connectivity index (χ0v) is 24.6. The summed E-state index contributed by atoms with van der Waals surface area (Å²) in [6, 6.07) is 10.4. The van der Waals surface area contributed by atoms with E-state index in [0.717, 1.165) is 24.3 Å². The van der Waals surface area contributed by atoms with E-state index in [-0.39, 0.29) is 43.3 Å². The molecule has 0 amide bonds. The van der Waals surface area contributed by atoms with E-state index >= 15 is 4.39 Å². The van der Waals surface area contributed by atoms with Crippen LogP contribution in [0, 0.1) is 23.3 Å². The largest absolute Gasteiger partial charge is 0.464 e. The number of benzene rings is 3. The van der Waals surface area contributed by atoms with E-state index in [2.05, 4.69) is 5.32 Å². The van der Waals surface area contributed by atoms with Crippen molar-refractivity contribution in [2.45, 2.75) is 62.4 Å². The minimum absolute atomic E-state index is 0.0840.